The summed E-state index contributed by atoms with van der Waals surface area (Å²) in [7, 11) is -4.13. The van der Waals surface area contributed by atoms with Crippen LogP contribution in [0.1, 0.15) is 32.8 Å². The molecule has 1 heterocycles. The number of halogens is 1. The molecule has 28 heavy (non-hydrogen) atoms. The minimum atomic E-state index is -4.13. The molecule has 1 aliphatic rings. The first kappa shape index (κ1) is 21.5. The molecule has 2 N–H and O–H groups in total. The Kier molecular flexibility index (Phi) is 5.35. The summed E-state index contributed by atoms with van der Waals surface area (Å²) in [4.78, 5) is 25.8. The van der Waals surface area contributed by atoms with Crippen molar-refractivity contribution < 1.29 is 27.6 Å². The molecule has 2 atom stereocenters. The number of hydrogen-bond donors (Lipinski definition) is 2. The Morgan fingerprint density at radius 1 is 1.46 bits per heavy atom. The molecule has 11 heteroatoms. The lowest BCUT2D eigenvalue weighted by atomic mass is 9.85. The summed E-state index contributed by atoms with van der Waals surface area (Å²) in [6, 6.07) is 2.73. The van der Waals surface area contributed by atoms with Crippen molar-refractivity contribution in [1.82, 2.24) is 5.32 Å². The van der Waals surface area contributed by atoms with Gasteiger partial charge < -0.3 is 5.11 Å². The van der Waals surface area contributed by atoms with Gasteiger partial charge in [-0.3, -0.25) is 20.4 Å². The highest BCUT2D eigenvalue weighted by atomic mass is 32.2. The van der Waals surface area contributed by atoms with Crippen LogP contribution in [0.5, 0.6) is 0 Å². The summed E-state index contributed by atoms with van der Waals surface area (Å²) in [6.07, 6.45) is -0.323. The van der Waals surface area contributed by atoms with Crippen LogP contribution in [0, 0.1) is 15.9 Å². The zero-order chi connectivity index (χ0) is 21.5. The molecule has 0 aromatic heterocycles. The first-order chi connectivity index (χ1) is 12.8. The fraction of sp³-hybridized carbons (Fsp3) is 0.412. The van der Waals surface area contributed by atoms with Gasteiger partial charge in [0.25, 0.3) is 5.69 Å². The zero-order valence-electron chi connectivity index (χ0n) is 15.5. The van der Waals surface area contributed by atoms with Gasteiger partial charge in [0.05, 0.1) is 10.2 Å². The zero-order valence-corrected chi connectivity index (χ0v) is 16.3. The number of amidine groups is 1. The molecule has 2 rings (SSSR count). The van der Waals surface area contributed by atoms with E-state index in [0.29, 0.717) is 0 Å². The monoisotopic (exact) mass is 413 g/mol. The highest BCUT2D eigenvalue weighted by Crippen LogP contribution is 2.45. The SMILES string of the molecule is C=CC[C@H]1[C@@](C)(c2cc([N+](=O)[O-])ccc2F)N=C(NC(=O)O)C(C)(C)S1(=O)=O. The van der Waals surface area contributed by atoms with E-state index in [1.54, 1.807) is 0 Å². The molecular formula is C17H20FN3O6S. The molecule has 0 saturated carbocycles. The fourth-order valence-electron chi connectivity index (χ4n) is 3.27. The average molecular weight is 413 g/mol. The second-order valence-corrected chi connectivity index (χ2v) is 9.71. The quantitative estimate of drug-likeness (QED) is 0.442. The number of aliphatic imine (C=N–C) groups is 1. The van der Waals surface area contributed by atoms with Gasteiger partial charge in [0.15, 0.2) is 9.84 Å². The van der Waals surface area contributed by atoms with Crippen molar-refractivity contribution in [2.45, 2.75) is 42.7 Å². The van der Waals surface area contributed by atoms with Crippen molar-refractivity contribution in [3.05, 3.63) is 52.3 Å². The average Bonchev–Trinajstić information content (AvgIpc) is 2.57. The van der Waals surface area contributed by atoms with Crippen LogP contribution in [0.3, 0.4) is 0 Å². The Labute approximate surface area is 161 Å². The van der Waals surface area contributed by atoms with E-state index in [1.807, 2.05) is 5.32 Å². The molecule has 1 amide bonds. The summed E-state index contributed by atoms with van der Waals surface area (Å²) in [5, 5.41) is 20.9. The Morgan fingerprint density at radius 3 is 2.57 bits per heavy atom. The van der Waals surface area contributed by atoms with Crippen molar-refractivity contribution in [1.29, 1.82) is 0 Å². The normalized spacial score (nSPS) is 25.4. The van der Waals surface area contributed by atoms with E-state index in [9.17, 15) is 27.7 Å². The molecule has 152 valence electrons. The van der Waals surface area contributed by atoms with E-state index in [1.165, 1.54) is 26.8 Å². The second-order valence-electron chi connectivity index (χ2n) is 7.03. The molecule has 0 unspecified atom stereocenters. The number of carboxylic acid groups (broad SMARTS) is 1. The number of hydrogen-bond acceptors (Lipinski definition) is 6. The van der Waals surface area contributed by atoms with Crippen LogP contribution in [0.25, 0.3) is 0 Å². The topological polar surface area (TPSA) is 139 Å². The highest BCUT2D eigenvalue weighted by molar-refractivity contribution is 7.94. The van der Waals surface area contributed by atoms with Gasteiger partial charge in [0, 0.05) is 17.7 Å². The maximum Gasteiger partial charge on any atom is 0.410 e. The van der Waals surface area contributed by atoms with Gasteiger partial charge in [-0.25, -0.2) is 17.6 Å². The summed E-state index contributed by atoms with van der Waals surface area (Å²) >= 11 is 0. The number of carbonyl (C=O) groups is 1. The van der Waals surface area contributed by atoms with Crippen LogP contribution in [-0.2, 0) is 15.4 Å². The fourth-order valence-corrected chi connectivity index (χ4v) is 5.52. The summed E-state index contributed by atoms with van der Waals surface area (Å²) < 4.78 is 39.6. The number of nitro benzene ring substituents is 1. The number of amides is 1. The van der Waals surface area contributed by atoms with Crippen LogP contribution in [-0.4, -0.2) is 40.4 Å². The lowest BCUT2D eigenvalue weighted by Crippen LogP contribution is -2.61. The number of non-ortho nitro benzene ring substituents is 1. The number of benzene rings is 1. The van der Waals surface area contributed by atoms with Crippen molar-refractivity contribution in [3.63, 3.8) is 0 Å². The van der Waals surface area contributed by atoms with Crippen LogP contribution in [0.4, 0.5) is 14.9 Å². The first-order valence-electron chi connectivity index (χ1n) is 8.18. The number of allylic oxidation sites excluding steroid dienone is 1. The number of nitrogens with one attached hydrogen (secondary N) is 1. The lowest BCUT2D eigenvalue weighted by molar-refractivity contribution is -0.385. The van der Waals surface area contributed by atoms with E-state index in [2.05, 4.69) is 11.6 Å². The molecule has 1 aromatic rings. The molecule has 0 fully saturated rings. The Balaban J connectivity index is 2.90. The van der Waals surface area contributed by atoms with E-state index >= 15 is 0 Å². The molecule has 0 spiro atoms. The Bertz CT molecular complexity index is 989. The highest BCUT2D eigenvalue weighted by Gasteiger charge is 2.57. The van der Waals surface area contributed by atoms with Gasteiger partial charge in [-0.05, 0) is 33.3 Å². The van der Waals surface area contributed by atoms with Crippen LogP contribution >= 0.6 is 0 Å². The molecule has 0 saturated heterocycles. The molecular weight excluding hydrogens is 393 g/mol. The standard InChI is InChI=1S/C17H20FN3O6S/c1-5-6-13-17(4,11-9-10(21(24)25)7-8-12(11)18)20-14(19-15(22)23)16(2,3)28(13,26)27/h5,7-9,13H,1,6H2,2-4H3,(H,19,20)(H,22,23)/t13-,17+/m0/s1. The third-order valence-electron chi connectivity index (χ3n) is 4.94. The number of rotatable bonds is 4. The van der Waals surface area contributed by atoms with Gasteiger partial charge in [0.1, 0.15) is 21.9 Å². The smallest absolute Gasteiger partial charge is 0.410 e. The predicted octanol–water partition coefficient (Wildman–Crippen LogP) is 2.77. The van der Waals surface area contributed by atoms with Gasteiger partial charge in [-0.2, -0.15) is 0 Å². The number of nitrogens with zero attached hydrogens (tertiary/aromatic N) is 2. The van der Waals surface area contributed by atoms with Crippen molar-refractivity contribution in [2.24, 2.45) is 4.99 Å². The molecule has 0 bridgehead atoms. The third kappa shape index (κ3) is 3.26. The largest absolute Gasteiger partial charge is 0.465 e. The third-order valence-corrected chi connectivity index (χ3v) is 7.96. The van der Waals surface area contributed by atoms with E-state index in [4.69, 9.17) is 5.11 Å². The summed E-state index contributed by atoms with van der Waals surface area (Å²) in [5.74, 6) is -1.29. The predicted molar refractivity (Wildman–Crippen MR) is 101 cm³/mol. The summed E-state index contributed by atoms with van der Waals surface area (Å²) in [6.45, 7) is 7.42. The Morgan fingerprint density at radius 2 is 2.07 bits per heavy atom. The van der Waals surface area contributed by atoms with E-state index in [0.717, 1.165) is 18.2 Å². The van der Waals surface area contributed by atoms with Crippen LogP contribution in [0.2, 0.25) is 0 Å². The number of nitro groups is 1. The van der Waals surface area contributed by atoms with Crippen molar-refractivity contribution in [2.75, 3.05) is 0 Å². The van der Waals surface area contributed by atoms with Crippen molar-refractivity contribution in [3.8, 4) is 0 Å². The maximum absolute atomic E-state index is 14.7. The molecule has 0 radical (unpaired) electrons. The minimum Gasteiger partial charge on any atom is -0.465 e. The number of sulfone groups is 1. The van der Waals surface area contributed by atoms with Crippen molar-refractivity contribution >= 4 is 27.5 Å². The molecule has 9 nitrogen and oxygen atoms in total. The minimum absolute atomic E-state index is 0.117. The van der Waals surface area contributed by atoms with Crippen LogP contribution < -0.4 is 5.32 Å². The van der Waals surface area contributed by atoms with Crippen LogP contribution in [0.15, 0.2) is 35.8 Å². The van der Waals surface area contributed by atoms with Gasteiger partial charge in [0.2, 0.25) is 0 Å². The second kappa shape index (κ2) is 6.97. The maximum atomic E-state index is 14.7. The van der Waals surface area contributed by atoms with E-state index in [-0.39, 0.29) is 12.0 Å². The van der Waals surface area contributed by atoms with Gasteiger partial charge >= 0.3 is 6.09 Å². The Hall–Kier alpha value is -2.82. The molecule has 1 aliphatic heterocycles. The van der Waals surface area contributed by atoms with E-state index < -0.39 is 53.7 Å². The summed E-state index contributed by atoms with van der Waals surface area (Å²) in [5.41, 5.74) is -2.59. The first-order valence-corrected chi connectivity index (χ1v) is 9.72. The lowest BCUT2D eigenvalue weighted by Gasteiger charge is -2.44. The van der Waals surface area contributed by atoms with Gasteiger partial charge in [-0.1, -0.05) is 6.08 Å². The molecule has 1 aromatic carbocycles. The van der Waals surface area contributed by atoms with Gasteiger partial charge in [-0.15, -0.1) is 6.58 Å². The molecule has 0 aliphatic carbocycles.